The molecule has 0 heterocycles. The Hall–Kier alpha value is -1.57. The lowest BCUT2D eigenvalue weighted by Gasteiger charge is -2.24. The molecule has 0 radical (unpaired) electrons. The number of benzene rings is 2. The van der Waals surface area contributed by atoms with Gasteiger partial charge in [0.05, 0.1) is 11.4 Å². The Morgan fingerprint density at radius 3 is 1.95 bits per heavy atom. The van der Waals surface area contributed by atoms with Gasteiger partial charge in [-0.3, -0.25) is 4.52 Å². The van der Waals surface area contributed by atoms with Gasteiger partial charge in [-0.2, -0.15) is 0 Å². The van der Waals surface area contributed by atoms with E-state index in [1.54, 1.807) is 24.3 Å². The number of rotatable bonds is 7. The van der Waals surface area contributed by atoms with Crippen LogP contribution in [0.2, 0.25) is 0 Å². The molecule has 0 saturated carbocycles. The first-order chi connectivity index (χ1) is 10.2. The molecular formula is C17H21O3P. The monoisotopic (exact) mass is 304 g/mol. The average Bonchev–Trinajstić information content (AvgIpc) is 2.54. The van der Waals surface area contributed by atoms with E-state index in [0.29, 0.717) is 11.1 Å². The minimum absolute atomic E-state index is 0.0836. The first-order valence-corrected chi connectivity index (χ1v) is 8.81. The molecule has 112 valence electrons. The van der Waals surface area contributed by atoms with Crippen molar-refractivity contribution in [3.63, 3.8) is 0 Å². The predicted octanol–water partition coefficient (Wildman–Crippen LogP) is 4.79. The molecule has 3 nitrogen and oxygen atoms in total. The van der Waals surface area contributed by atoms with Gasteiger partial charge in [-0.05, 0) is 37.1 Å². The Morgan fingerprint density at radius 1 is 0.905 bits per heavy atom. The van der Waals surface area contributed by atoms with Gasteiger partial charge in [0.1, 0.15) is 5.75 Å². The van der Waals surface area contributed by atoms with Crippen molar-refractivity contribution in [1.29, 1.82) is 0 Å². The highest BCUT2D eigenvalue weighted by Gasteiger charge is 2.31. The lowest BCUT2D eigenvalue weighted by atomic mass is 10.2. The molecule has 0 aliphatic carbocycles. The standard InChI is InChI=1S/C17H21O3P/c1-3-15(4-2)19-21(18,17-13-9-6-10-14-17)20-16-11-7-5-8-12-16/h5-15H,3-4H2,1-2H3. The summed E-state index contributed by atoms with van der Waals surface area (Å²) in [7, 11) is -3.38. The zero-order valence-corrected chi connectivity index (χ0v) is 13.3. The first kappa shape index (κ1) is 15.8. The van der Waals surface area contributed by atoms with Crippen molar-refractivity contribution < 1.29 is 13.6 Å². The zero-order chi connectivity index (χ0) is 15.1. The molecule has 1 atom stereocenters. The third-order valence-corrected chi connectivity index (χ3v) is 5.20. The van der Waals surface area contributed by atoms with Gasteiger partial charge in [-0.1, -0.05) is 50.2 Å². The molecule has 0 aromatic heterocycles. The Kier molecular flexibility index (Phi) is 5.60. The highest BCUT2D eigenvalue weighted by atomic mass is 31.2. The lowest BCUT2D eigenvalue weighted by molar-refractivity contribution is 0.175. The van der Waals surface area contributed by atoms with Crippen LogP contribution in [-0.4, -0.2) is 6.10 Å². The van der Waals surface area contributed by atoms with E-state index in [0.717, 1.165) is 12.8 Å². The normalized spacial score (nSPS) is 13.9. The summed E-state index contributed by atoms with van der Waals surface area (Å²) in [5.74, 6) is 0.552. The second kappa shape index (κ2) is 7.44. The fraction of sp³-hybridized carbons (Fsp3) is 0.294. The molecule has 1 unspecified atom stereocenters. The summed E-state index contributed by atoms with van der Waals surface area (Å²) in [4.78, 5) is 0. The van der Waals surface area contributed by atoms with Crippen LogP contribution in [0.1, 0.15) is 26.7 Å². The van der Waals surface area contributed by atoms with Gasteiger partial charge >= 0.3 is 7.60 Å². The predicted molar refractivity (Wildman–Crippen MR) is 86.2 cm³/mol. The number of hydrogen-bond donors (Lipinski definition) is 0. The maximum absolute atomic E-state index is 13.3. The quantitative estimate of drug-likeness (QED) is 0.690. The van der Waals surface area contributed by atoms with E-state index in [4.69, 9.17) is 9.05 Å². The molecule has 2 rings (SSSR count). The molecule has 0 spiro atoms. The van der Waals surface area contributed by atoms with E-state index >= 15 is 0 Å². The van der Waals surface area contributed by atoms with Crippen molar-refractivity contribution in [2.24, 2.45) is 0 Å². The highest BCUT2D eigenvalue weighted by molar-refractivity contribution is 7.62. The van der Waals surface area contributed by atoms with E-state index in [-0.39, 0.29) is 6.10 Å². The van der Waals surface area contributed by atoms with Crippen LogP contribution in [0.3, 0.4) is 0 Å². The molecule has 0 amide bonds. The average molecular weight is 304 g/mol. The van der Waals surface area contributed by atoms with Crippen molar-refractivity contribution in [2.75, 3.05) is 0 Å². The maximum atomic E-state index is 13.3. The molecule has 4 heteroatoms. The number of hydrogen-bond acceptors (Lipinski definition) is 3. The summed E-state index contributed by atoms with van der Waals surface area (Å²) < 4.78 is 24.9. The summed E-state index contributed by atoms with van der Waals surface area (Å²) in [6.07, 6.45) is 1.51. The largest absolute Gasteiger partial charge is 0.421 e. The first-order valence-electron chi connectivity index (χ1n) is 7.26. The molecule has 0 bridgehead atoms. The van der Waals surface area contributed by atoms with E-state index < -0.39 is 7.60 Å². The van der Waals surface area contributed by atoms with E-state index in [1.807, 2.05) is 50.2 Å². The van der Waals surface area contributed by atoms with Gasteiger partial charge < -0.3 is 4.52 Å². The third-order valence-electron chi connectivity index (χ3n) is 3.24. The van der Waals surface area contributed by atoms with Gasteiger partial charge in [-0.15, -0.1) is 0 Å². The van der Waals surface area contributed by atoms with Crippen molar-refractivity contribution in [3.05, 3.63) is 60.7 Å². The molecule has 0 saturated heterocycles. The maximum Gasteiger partial charge on any atom is 0.411 e. The fourth-order valence-electron chi connectivity index (χ4n) is 2.00. The SMILES string of the molecule is CCC(CC)OP(=O)(Oc1ccccc1)c1ccccc1. The van der Waals surface area contributed by atoms with Gasteiger partial charge in [-0.25, -0.2) is 4.57 Å². The number of para-hydroxylation sites is 1. The van der Waals surface area contributed by atoms with E-state index in [2.05, 4.69) is 0 Å². The summed E-state index contributed by atoms with van der Waals surface area (Å²) in [6.45, 7) is 4.04. The molecular weight excluding hydrogens is 283 g/mol. The van der Waals surface area contributed by atoms with E-state index in [1.165, 1.54) is 0 Å². The Morgan fingerprint density at radius 2 is 1.43 bits per heavy atom. The Balaban J connectivity index is 2.32. The topological polar surface area (TPSA) is 35.5 Å². The van der Waals surface area contributed by atoms with E-state index in [9.17, 15) is 4.57 Å². The van der Waals surface area contributed by atoms with Gasteiger partial charge in [0.25, 0.3) is 0 Å². The highest BCUT2D eigenvalue weighted by Crippen LogP contribution is 2.49. The summed E-state index contributed by atoms with van der Waals surface area (Å²) in [6, 6.07) is 18.3. The molecule has 0 N–H and O–H groups in total. The lowest BCUT2D eigenvalue weighted by Crippen LogP contribution is -2.18. The van der Waals surface area contributed by atoms with Crippen molar-refractivity contribution in [1.82, 2.24) is 0 Å². The van der Waals surface area contributed by atoms with Crippen LogP contribution < -0.4 is 9.83 Å². The van der Waals surface area contributed by atoms with Crippen LogP contribution in [0.4, 0.5) is 0 Å². The van der Waals surface area contributed by atoms with Crippen LogP contribution in [-0.2, 0) is 9.09 Å². The summed E-state index contributed by atoms with van der Waals surface area (Å²) in [5, 5.41) is 0.584. The molecule has 0 fully saturated rings. The fourth-order valence-corrected chi connectivity index (χ4v) is 3.90. The van der Waals surface area contributed by atoms with Crippen molar-refractivity contribution in [2.45, 2.75) is 32.8 Å². The minimum Gasteiger partial charge on any atom is -0.421 e. The summed E-state index contributed by atoms with van der Waals surface area (Å²) in [5.41, 5.74) is 0. The third kappa shape index (κ3) is 4.20. The van der Waals surface area contributed by atoms with Crippen molar-refractivity contribution in [3.8, 4) is 5.75 Å². The molecule has 0 aliphatic heterocycles. The Bertz CT molecular complexity index is 579. The second-order valence-corrected chi connectivity index (χ2v) is 6.69. The smallest absolute Gasteiger partial charge is 0.411 e. The van der Waals surface area contributed by atoms with Crippen LogP contribution >= 0.6 is 7.60 Å². The van der Waals surface area contributed by atoms with Gasteiger partial charge in [0, 0.05) is 0 Å². The van der Waals surface area contributed by atoms with Crippen LogP contribution in [0.25, 0.3) is 0 Å². The second-order valence-electron chi connectivity index (χ2n) is 4.78. The minimum atomic E-state index is -3.38. The molecule has 2 aromatic carbocycles. The summed E-state index contributed by atoms with van der Waals surface area (Å²) >= 11 is 0. The van der Waals surface area contributed by atoms with Crippen LogP contribution in [0.5, 0.6) is 5.75 Å². The molecule has 21 heavy (non-hydrogen) atoms. The van der Waals surface area contributed by atoms with Crippen LogP contribution in [0.15, 0.2) is 60.7 Å². The zero-order valence-electron chi connectivity index (χ0n) is 12.4. The Labute approximate surface area is 126 Å². The molecule has 0 aliphatic rings. The van der Waals surface area contributed by atoms with Gasteiger partial charge in [0.15, 0.2) is 0 Å². The van der Waals surface area contributed by atoms with Crippen molar-refractivity contribution >= 4 is 12.9 Å². The molecule has 2 aromatic rings. The van der Waals surface area contributed by atoms with Crippen LogP contribution in [0, 0.1) is 0 Å². The van der Waals surface area contributed by atoms with Gasteiger partial charge in [0.2, 0.25) is 0 Å².